The first-order valence-corrected chi connectivity index (χ1v) is 8.93. The van der Waals surface area contributed by atoms with Crippen LogP contribution in [0.2, 0.25) is 0 Å². The molecule has 2 amide bonds. The highest BCUT2D eigenvalue weighted by Crippen LogP contribution is 2.40. The molecular formula is C20H24N2O3. The van der Waals surface area contributed by atoms with E-state index in [9.17, 15) is 14.4 Å². The minimum absolute atomic E-state index is 0.0365. The van der Waals surface area contributed by atoms with E-state index >= 15 is 0 Å². The lowest BCUT2D eigenvalue weighted by Gasteiger charge is -2.37. The van der Waals surface area contributed by atoms with Gasteiger partial charge < -0.3 is 10.6 Å². The number of hydrogen-bond donors (Lipinski definition) is 2. The van der Waals surface area contributed by atoms with Gasteiger partial charge in [-0.15, -0.1) is 6.58 Å². The highest BCUT2D eigenvalue weighted by atomic mass is 16.2. The molecule has 1 aromatic carbocycles. The third kappa shape index (κ3) is 3.81. The van der Waals surface area contributed by atoms with Crippen LogP contribution in [0.25, 0.3) is 0 Å². The first-order chi connectivity index (χ1) is 12.1. The topological polar surface area (TPSA) is 75.3 Å². The van der Waals surface area contributed by atoms with Crippen molar-refractivity contribution in [3.63, 3.8) is 0 Å². The molecule has 5 heteroatoms. The van der Waals surface area contributed by atoms with Gasteiger partial charge in [-0.3, -0.25) is 14.4 Å². The molecule has 3 rings (SSSR count). The summed E-state index contributed by atoms with van der Waals surface area (Å²) in [5.74, 6) is -0.0691. The van der Waals surface area contributed by atoms with Crippen LogP contribution in [0.5, 0.6) is 0 Å². The molecule has 2 fully saturated rings. The highest BCUT2D eigenvalue weighted by Gasteiger charge is 2.41. The Labute approximate surface area is 147 Å². The van der Waals surface area contributed by atoms with Crippen molar-refractivity contribution in [1.82, 2.24) is 5.32 Å². The predicted octanol–water partition coefficient (Wildman–Crippen LogP) is 2.94. The zero-order chi connectivity index (χ0) is 17.8. The summed E-state index contributed by atoms with van der Waals surface area (Å²) in [7, 11) is 0. The van der Waals surface area contributed by atoms with Crippen LogP contribution in [0.4, 0.5) is 5.69 Å². The minimum atomic E-state index is -0.244. The molecule has 0 heterocycles. The average molecular weight is 340 g/mol. The fourth-order valence-electron chi connectivity index (χ4n) is 3.98. The molecule has 0 radical (unpaired) electrons. The normalized spacial score (nSPS) is 25.1. The number of hydrogen-bond acceptors (Lipinski definition) is 3. The summed E-state index contributed by atoms with van der Waals surface area (Å²) < 4.78 is 0. The standard InChI is InChI=1S/C20H24N2O3/c1-2-10-21-20(25)16-8-3-4-9-17(16)22-19(24)15-11-13-6-5-7-14(12-15)18(13)23/h2-4,8-9,13-15H,1,5-7,10-12H2,(H,21,25)(H,22,24). The van der Waals surface area contributed by atoms with Crippen LogP contribution in [0.1, 0.15) is 42.5 Å². The highest BCUT2D eigenvalue weighted by molar-refractivity contribution is 6.04. The van der Waals surface area contributed by atoms with E-state index in [1.54, 1.807) is 30.3 Å². The second kappa shape index (κ2) is 7.64. The maximum Gasteiger partial charge on any atom is 0.253 e. The van der Waals surface area contributed by atoms with Crippen molar-refractivity contribution in [2.45, 2.75) is 32.1 Å². The number of anilines is 1. The zero-order valence-corrected chi connectivity index (χ0v) is 14.3. The third-order valence-electron chi connectivity index (χ3n) is 5.26. The molecule has 25 heavy (non-hydrogen) atoms. The number of ketones is 1. The molecule has 0 spiro atoms. The lowest BCUT2D eigenvalue weighted by Crippen LogP contribution is -2.40. The van der Waals surface area contributed by atoms with E-state index in [0.29, 0.717) is 36.4 Å². The zero-order valence-electron chi connectivity index (χ0n) is 14.3. The molecule has 2 atom stereocenters. The number of Topliss-reactive ketones (excluding diaryl/α,β-unsaturated/α-hetero) is 1. The van der Waals surface area contributed by atoms with Crippen molar-refractivity contribution in [1.29, 1.82) is 0 Å². The number of carbonyl (C=O) groups excluding carboxylic acids is 3. The Morgan fingerprint density at radius 1 is 1.16 bits per heavy atom. The average Bonchev–Trinajstić information content (AvgIpc) is 2.59. The van der Waals surface area contributed by atoms with Crippen LogP contribution in [-0.2, 0) is 9.59 Å². The van der Waals surface area contributed by atoms with E-state index in [-0.39, 0.29) is 29.6 Å². The van der Waals surface area contributed by atoms with Crippen LogP contribution in [0.15, 0.2) is 36.9 Å². The summed E-state index contributed by atoms with van der Waals surface area (Å²) in [6, 6.07) is 6.98. The number of amides is 2. The van der Waals surface area contributed by atoms with Crippen molar-refractivity contribution in [3.05, 3.63) is 42.5 Å². The van der Waals surface area contributed by atoms with Crippen molar-refractivity contribution < 1.29 is 14.4 Å². The Morgan fingerprint density at radius 2 is 1.84 bits per heavy atom. The number of nitrogens with one attached hydrogen (secondary N) is 2. The van der Waals surface area contributed by atoms with Gasteiger partial charge in [0.25, 0.3) is 5.91 Å². The Morgan fingerprint density at radius 3 is 2.52 bits per heavy atom. The lowest BCUT2D eigenvalue weighted by molar-refractivity contribution is -0.136. The number of benzene rings is 1. The molecule has 0 saturated heterocycles. The van der Waals surface area contributed by atoms with E-state index in [4.69, 9.17) is 0 Å². The first-order valence-electron chi connectivity index (χ1n) is 8.93. The SMILES string of the molecule is C=CCNC(=O)c1ccccc1NC(=O)C1CC2CCCC(C1)C2=O. The van der Waals surface area contributed by atoms with Crippen LogP contribution >= 0.6 is 0 Å². The van der Waals surface area contributed by atoms with E-state index in [1.165, 1.54) is 0 Å². The van der Waals surface area contributed by atoms with Crippen LogP contribution in [0.3, 0.4) is 0 Å². The van der Waals surface area contributed by atoms with E-state index in [0.717, 1.165) is 19.3 Å². The Kier molecular flexibility index (Phi) is 5.31. The second-order valence-corrected chi connectivity index (χ2v) is 6.93. The van der Waals surface area contributed by atoms with Gasteiger partial charge in [-0.25, -0.2) is 0 Å². The van der Waals surface area contributed by atoms with Gasteiger partial charge in [0, 0.05) is 24.3 Å². The van der Waals surface area contributed by atoms with Gasteiger partial charge in [0.15, 0.2) is 0 Å². The second-order valence-electron chi connectivity index (χ2n) is 6.93. The first kappa shape index (κ1) is 17.4. The molecule has 2 aliphatic carbocycles. The molecular weight excluding hydrogens is 316 g/mol. The van der Waals surface area contributed by atoms with Gasteiger partial charge in [-0.2, -0.15) is 0 Å². The van der Waals surface area contributed by atoms with E-state index in [2.05, 4.69) is 17.2 Å². The summed E-state index contributed by atoms with van der Waals surface area (Å²) in [4.78, 5) is 37.1. The summed E-state index contributed by atoms with van der Waals surface area (Å²) >= 11 is 0. The smallest absolute Gasteiger partial charge is 0.253 e. The van der Waals surface area contributed by atoms with Gasteiger partial charge in [0.2, 0.25) is 5.91 Å². The van der Waals surface area contributed by atoms with Crippen molar-refractivity contribution >= 4 is 23.3 Å². The van der Waals surface area contributed by atoms with E-state index in [1.807, 2.05) is 0 Å². The minimum Gasteiger partial charge on any atom is -0.349 e. The molecule has 2 aliphatic rings. The van der Waals surface area contributed by atoms with Gasteiger partial charge in [0.05, 0.1) is 11.3 Å². The Bertz CT molecular complexity index is 682. The van der Waals surface area contributed by atoms with Crippen LogP contribution in [-0.4, -0.2) is 24.1 Å². The van der Waals surface area contributed by atoms with Gasteiger partial charge in [0.1, 0.15) is 5.78 Å². The van der Waals surface area contributed by atoms with Crippen LogP contribution in [0, 0.1) is 17.8 Å². The maximum absolute atomic E-state index is 12.7. The van der Waals surface area contributed by atoms with Gasteiger partial charge in [-0.05, 0) is 37.8 Å². The number of fused-ring (bicyclic) bond motifs is 2. The summed E-state index contributed by atoms with van der Waals surface area (Å²) in [6.07, 6.45) is 5.76. The molecule has 2 bridgehead atoms. The third-order valence-corrected chi connectivity index (χ3v) is 5.26. The number of para-hydroxylation sites is 1. The number of carbonyl (C=O) groups is 3. The van der Waals surface area contributed by atoms with Gasteiger partial charge >= 0.3 is 0 Å². The molecule has 0 aromatic heterocycles. The summed E-state index contributed by atoms with van der Waals surface area (Å²) in [5, 5.41) is 5.63. The largest absolute Gasteiger partial charge is 0.349 e. The summed E-state index contributed by atoms with van der Waals surface area (Å²) in [6.45, 7) is 3.95. The molecule has 2 unspecified atom stereocenters. The fourth-order valence-corrected chi connectivity index (χ4v) is 3.98. The van der Waals surface area contributed by atoms with E-state index < -0.39 is 0 Å². The Hall–Kier alpha value is -2.43. The molecule has 2 N–H and O–H groups in total. The Balaban J connectivity index is 1.70. The molecule has 2 saturated carbocycles. The number of rotatable bonds is 5. The molecule has 132 valence electrons. The van der Waals surface area contributed by atoms with Crippen molar-refractivity contribution in [2.24, 2.45) is 17.8 Å². The molecule has 5 nitrogen and oxygen atoms in total. The van der Waals surface area contributed by atoms with Crippen LogP contribution < -0.4 is 10.6 Å². The van der Waals surface area contributed by atoms with Crippen molar-refractivity contribution in [3.8, 4) is 0 Å². The van der Waals surface area contributed by atoms with Crippen molar-refractivity contribution in [2.75, 3.05) is 11.9 Å². The molecule has 0 aliphatic heterocycles. The monoisotopic (exact) mass is 340 g/mol. The summed E-state index contributed by atoms with van der Waals surface area (Å²) in [5.41, 5.74) is 0.945. The fraction of sp³-hybridized carbons (Fsp3) is 0.450. The van der Waals surface area contributed by atoms with Gasteiger partial charge in [-0.1, -0.05) is 24.6 Å². The maximum atomic E-state index is 12.7. The lowest BCUT2D eigenvalue weighted by atomic mass is 9.67. The predicted molar refractivity (Wildman–Crippen MR) is 96.2 cm³/mol. The molecule has 1 aromatic rings. The quantitative estimate of drug-likeness (QED) is 0.809.